The molecule has 1 aliphatic heterocycles. The normalized spacial score (nSPS) is 16.8. The molecule has 0 radical (unpaired) electrons. The molecule has 4 aromatic rings. The first kappa shape index (κ1) is 18.5. The van der Waals surface area contributed by atoms with Gasteiger partial charge in [0.1, 0.15) is 17.4 Å². The van der Waals surface area contributed by atoms with Gasteiger partial charge in [-0.2, -0.15) is 13.2 Å². The van der Waals surface area contributed by atoms with Gasteiger partial charge in [0.2, 0.25) is 5.76 Å². The minimum Gasteiger partial charge on any atom is -0.458 e. The van der Waals surface area contributed by atoms with Crippen molar-refractivity contribution >= 4 is 16.9 Å². The number of furan rings is 1. The van der Waals surface area contributed by atoms with Crippen LogP contribution in [0.3, 0.4) is 0 Å². The van der Waals surface area contributed by atoms with E-state index in [4.69, 9.17) is 8.83 Å². The van der Waals surface area contributed by atoms with Gasteiger partial charge in [0.05, 0.1) is 23.3 Å². The molecule has 10 heteroatoms. The highest BCUT2D eigenvalue weighted by Crippen LogP contribution is 2.41. The van der Waals surface area contributed by atoms with E-state index in [1.165, 1.54) is 35.8 Å². The summed E-state index contributed by atoms with van der Waals surface area (Å²) in [4.78, 5) is 26.0. The molecule has 0 bridgehead atoms. The number of aromatic nitrogens is 3. The van der Waals surface area contributed by atoms with Gasteiger partial charge in [-0.05, 0) is 25.1 Å². The first-order valence-electron chi connectivity index (χ1n) is 9.17. The van der Waals surface area contributed by atoms with Crippen LogP contribution in [0.2, 0.25) is 0 Å². The molecule has 3 aromatic heterocycles. The number of nitrogens with zero attached hydrogens (tertiary/aromatic N) is 3. The number of aromatic amines is 1. The first-order chi connectivity index (χ1) is 14.3. The lowest BCUT2D eigenvalue weighted by atomic mass is 9.99. The molecule has 0 fully saturated rings. The predicted octanol–water partition coefficient (Wildman–Crippen LogP) is 4.26. The van der Waals surface area contributed by atoms with Gasteiger partial charge in [-0.25, -0.2) is 9.97 Å². The zero-order chi connectivity index (χ0) is 21.0. The number of oxazole rings is 1. The van der Waals surface area contributed by atoms with Crippen LogP contribution < -0.4 is 0 Å². The number of H-pyrrole nitrogens is 1. The van der Waals surface area contributed by atoms with Gasteiger partial charge in [-0.1, -0.05) is 6.07 Å². The number of rotatable bonds is 2. The molecule has 0 aliphatic carbocycles. The Morgan fingerprint density at radius 3 is 2.87 bits per heavy atom. The Morgan fingerprint density at radius 1 is 1.30 bits per heavy atom. The maximum absolute atomic E-state index is 13.5. The van der Waals surface area contributed by atoms with E-state index in [0.717, 1.165) is 11.8 Å². The van der Waals surface area contributed by atoms with E-state index in [0.29, 0.717) is 24.4 Å². The summed E-state index contributed by atoms with van der Waals surface area (Å²) in [6.45, 7) is 1.95. The lowest BCUT2D eigenvalue weighted by Crippen LogP contribution is -2.40. The van der Waals surface area contributed by atoms with Gasteiger partial charge in [-0.15, -0.1) is 0 Å². The van der Waals surface area contributed by atoms with Crippen molar-refractivity contribution < 1.29 is 26.8 Å². The van der Waals surface area contributed by atoms with Gasteiger partial charge < -0.3 is 18.7 Å². The summed E-state index contributed by atoms with van der Waals surface area (Å²) in [6.07, 6.45) is -1.34. The summed E-state index contributed by atoms with van der Waals surface area (Å²) >= 11 is 0. The number of aryl methyl sites for hydroxylation is 1. The Kier molecular flexibility index (Phi) is 3.99. The van der Waals surface area contributed by atoms with Crippen LogP contribution in [-0.4, -0.2) is 32.3 Å². The number of carbonyl (C=O) groups excluding carboxylic acids is 1. The number of hydrogen-bond donors (Lipinski definition) is 1. The second kappa shape index (κ2) is 6.48. The monoisotopic (exact) mass is 416 g/mol. The highest BCUT2D eigenvalue weighted by Gasteiger charge is 2.39. The number of halogens is 3. The average Bonchev–Trinajstić information content (AvgIpc) is 3.43. The van der Waals surface area contributed by atoms with Crippen LogP contribution in [0.1, 0.15) is 45.0 Å². The van der Waals surface area contributed by atoms with Crippen molar-refractivity contribution in [2.24, 2.45) is 0 Å². The Labute approximate surface area is 167 Å². The Balaban J connectivity index is 1.66. The second-order valence-corrected chi connectivity index (χ2v) is 7.05. The smallest absolute Gasteiger partial charge is 0.417 e. The summed E-state index contributed by atoms with van der Waals surface area (Å²) in [5.74, 6) is -0.161. The number of hydrogen-bond acceptors (Lipinski definition) is 5. The minimum absolute atomic E-state index is 0.0640. The van der Waals surface area contributed by atoms with Crippen molar-refractivity contribution in [3.8, 4) is 0 Å². The topological polar surface area (TPSA) is 88.2 Å². The Morgan fingerprint density at radius 2 is 2.13 bits per heavy atom. The molecule has 154 valence electrons. The highest BCUT2D eigenvalue weighted by molar-refractivity contribution is 5.93. The minimum atomic E-state index is -4.53. The van der Waals surface area contributed by atoms with E-state index in [1.807, 2.05) is 0 Å². The third-order valence-electron chi connectivity index (χ3n) is 5.28. The van der Waals surface area contributed by atoms with Gasteiger partial charge in [0.15, 0.2) is 6.39 Å². The predicted molar refractivity (Wildman–Crippen MR) is 97.6 cm³/mol. The van der Waals surface area contributed by atoms with Gasteiger partial charge in [0, 0.05) is 24.0 Å². The highest BCUT2D eigenvalue weighted by atomic mass is 19.4. The Hall–Kier alpha value is -3.56. The van der Waals surface area contributed by atoms with E-state index >= 15 is 0 Å². The number of alkyl halides is 3. The zero-order valence-electron chi connectivity index (χ0n) is 15.7. The molecule has 7 nitrogen and oxygen atoms in total. The maximum Gasteiger partial charge on any atom is 0.417 e. The summed E-state index contributed by atoms with van der Waals surface area (Å²) in [5, 5.41) is -0.0640. The van der Waals surface area contributed by atoms with Crippen LogP contribution >= 0.6 is 0 Å². The SMILES string of the molecule is Cc1ncoc1C(=O)N1CCc2[nH]cnc2[C@H]1c1cc2c(C(F)(F)F)cccc2o1. The standard InChI is InChI=1S/C20H15F3N4O3/c1-10-18(29-9-26-10)19(28)27-6-5-13-16(25-8-24-13)17(27)15-7-11-12(20(21,22)23)3-2-4-14(11)30-15/h2-4,7-9,17H,5-6H2,1H3,(H,24,25)/t17-/m1/s1. The van der Waals surface area contributed by atoms with E-state index in [2.05, 4.69) is 15.0 Å². The number of carbonyl (C=O) groups is 1. The molecule has 0 saturated heterocycles. The van der Waals surface area contributed by atoms with Crippen LogP contribution in [0.5, 0.6) is 0 Å². The molecular formula is C20H15F3N4O3. The summed E-state index contributed by atoms with van der Waals surface area (Å²) < 4.78 is 51.4. The summed E-state index contributed by atoms with van der Waals surface area (Å²) in [6, 6.07) is 4.30. The van der Waals surface area contributed by atoms with E-state index in [1.54, 1.807) is 6.92 Å². The van der Waals surface area contributed by atoms with Crippen LogP contribution in [0.15, 0.2) is 45.8 Å². The van der Waals surface area contributed by atoms with Crippen molar-refractivity contribution in [1.82, 2.24) is 19.9 Å². The molecule has 0 unspecified atom stereocenters. The molecule has 1 N–H and O–H groups in total. The molecule has 1 amide bonds. The molecule has 30 heavy (non-hydrogen) atoms. The number of nitrogens with one attached hydrogen (secondary N) is 1. The van der Waals surface area contributed by atoms with Crippen molar-refractivity contribution in [1.29, 1.82) is 0 Å². The van der Waals surface area contributed by atoms with E-state index in [9.17, 15) is 18.0 Å². The largest absolute Gasteiger partial charge is 0.458 e. The third kappa shape index (κ3) is 2.78. The molecule has 1 aliphatic rings. The van der Waals surface area contributed by atoms with Crippen LogP contribution in [0.25, 0.3) is 11.0 Å². The first-order valence-corrected chi connectivity index (χ1v) is 9.17. The second-order valence-electron chi connectivity index (χ2n) is 7.05. The Bertz CT molecular complexity index is 1250. The van der Waals surface area contributed by atoms with Gasteiger partial charge in [0.25, 0.3) is 5.91 Å². The van der Waals surface area contributed by atoms with Crippen molar-refractivity contribution in [2.75, 3.05) is 6.54 Å². The van der Waals surface area contributed by atoms with E-state index < -0.39 is 23.7 Å². The van der Waals surface area contributed by atoms with Crippen molar-refractivity contribution in [3.63, 3.8) is 0 Å². The van der Waals surface area contributed by atoms with Crippen LogP contribution in [0, 0.1) is 6.92 Å². The van der Waals surface area contributed by atoms with Crippen molar-refractivity contribution in [2.45, 2.75) is 25.6 Å². The maximum atomic E-state index is 13.5. The number of amides is 1. The third-order valence-corrected chi connectivity index (χ3v) is 5.28. The number of benzene rings is 1. The fourth-order valence-electron chi connectivity index (χ4n) is 3.88. The zero-order valence-corrected chi connectivity index (χ0v) is 15.7. The molecular weight excluding hydrogens is 401 g/mol. The fourth-order valence-corrected chi connectivity index (χ4v) is 3.88. The molecule has 4 heterocycles. The lowest BCUT2D eigenvalue weighted by Gasteiger charge is -2.33. The van der Waals surface area contributed by atoms with Gasteiger partial charge >= 0.3 is 6.18 Å². The number of fused-ring (bicyclic) bond motifs is 2. The number of imidazole rings is 1. The van der Waals surface area contributed by atoms with Crippen molar-refractivity contribution in [3.05, 3.63) is 71.2 Å². The van der Waals surface area contributed by atoms with Crippen LogP contribution in [-0.2, 0) is 12.6 Å². The summed E-state index contributed by atoms with van der Waals surface area (Å²) in [7, 11) is 0. The molecule has 1 aromatic carbocycles. The molecule has 5 rings (SSSR count). The molecule has 0 saturated carbocycles. The van der Waals surface area contributed by atoms with E-state index in [-0.39, 0.29) is 22.5 Å². The molecule has 1 atom stereocenters. The lowest BCUT2D eigenvalue weighted by molar-refractivity contribution is -0.136. The fraction of sp³-hybridized carbons (Fsp3) is 0.250. The quantitative estimate of drug-likeness (QED) is 0.528. The van der Waals surface area contributed by atoms with Crippen LogP contribution in [0.4, 0.5) is 13.2 Å². The summed E-state index contributed by atoms with van der Waals surface area (Å²) in [5.41, 5.74) is 1.05. The average molecular weight is 416 g/mol. The molecule has 0 spiro atoms. The van der Waals surface area contributed by atoms with Gasteiger partial charge in [-0.3, -0.25) is 4.79 Å².